The third-order valence-corrected chi connectivity index (χ3v) is 8.66. The number of benzene rings is 1. The van der Waals surface area contributed by atoms with Crippen molar-refractivity contribution in [3.8, 4) is 5.75 Å². The number of piperazine rings is 2. The summed E-state index contributed by atoms with van der Waals surface area (Å²) < 4.78 is 56.2. The largest absolute Gasteiger partial charge is 0.465 e. The number of imidazole rings is 1. The number of aromatic amines is 1. The van der Waals surface area contributed by atoms with E-state index in [9.17, 15) is 27.2 Å². The molecule has 2 fully saturated rings. The lowest BCUT2D eigenvalue weighted by Crippen LogP contribution is -2.49. The molecule has 0 spiro atoms. The van der Waals surface area contributed by atoms with E-state index in [0.717, 1.165) is 35.2 Å². The Balaban J connectivity index is 0.000000244. The van der Waals surface area contributed by atoms with Crippen LogP contribution < -0.4 is 14.5 Å². The highest BCUT2D eigenvalue weighted by Crippen LogP contribution is 2.29. The van der Waals surface area contributed by atoms with Crippen LogP contribution in [0.5, 0.6) is 5.75 Å². The molecule has 17 heteroatoms. The molecule has 4 aromatic rings. The average molecular weight is 703 g/mol. The zero-order valence-corrected chi connectivity index (χ0v) is 27.0. The van der Waals surface area contributed by atoms with Crippen molar-refractivity contribution in [1.29, 1.82) is 0 Å². The van der Waals surface area contributed by atoms with Crippen LogP contribution in [0.15, 0.2) is 78.5 Å². The smallest absolute Gasteiger partial charge is 0.417 e. The molecule has 0 saturated carbocycles. The van der Waals surface area contributed by atoms with E-state index < -0.39 is 23.9 Å². The van der Waals surface area contributed by atoms with E-state index >= 15 is 0 Å². The molecule has 0 bridgehead atoms. The number of nitrogens with one attached hydrogen (secondary N) is 1. The number of thioether (sulfide) groups is 1. The minimum Gasteiger partial charge on any atom is -0.465 e. The van der Waals surface area contributed by atoms with Crippen molar-refractivity contribution in [2.45, 2.75) is 17.8 Å². The van der Waals surface area contributed by atoms with Crippen LogP contribution in [-0.4, -0.2) is 105 Å². The van der Waals surface area contributed by atoms with E-state index in [2.05, 4.69) is 19.9 Å². The summed E-state index contributed by atoms with van der Waals surface area (Å²) in [7, 11) is 0. The van der Waals surface area contributed by atoms with Crippen molar-refractivity contribution in [3.05, 3.63) is 90.3 Å². The maximum absolute atomic E-state index is 12.7. The molecule has 2 amide bonds. The van der Waals surface area contributed by atoms with Gasteiger partial charge in [-0.2, -0.15) is 13.2 Å². The molecule has 0 aliphatic carbocycles. The summed E-state index contributed by atoms with van der Waals surface area (Å²) in [5.74, 6) is 2.12. The van der Waals surface area contributed by atoms with E-state index in [0.29, 0.717) is 69.7 Å². The Morgan fingerprint density at radius 2 is 1.43 bits per heavy atom. The highest BCUT2D eigenvalue weighted by atomic mass is 32.2. The van der Waals surface area contributed by atoms with Gasteiger partial charge in [0.25, 0.3) is 0 Å². The van der Waals surface area contributed by atoms with Gasteiger partial charge in [-0.05, 0) is 48.4 Å². The van der Waals surface area contributed by atoms with Crippen molar-refractivity contribution in [1.82, 2.24) is 29.7 Å². The number of rotatable bonds is 7. The third kappa shape index (κ3) is 10.2. The van der Waals surface area contributed by atoms with Gasteiger partial charge in [-0.1, -0.05) is 23.9 Å². The number of H-pyrrole nitrogens is 1. The molecule has 1 aromatic carbocycles. The molecule has 2 aliphatic rings. The van der Waals surface area contributed by atoms with Gasteiger partial charge in [-0.25, -0.2) is 28.9 Å². The SMILES string of the molecule is O=C(O)N1CCN(c2ccc(F)cn2)CC1.O=C(Oc1ccc(CCSc2ncc[nH]2)cc1)N1CCN(c2ccc(C(F)(F)F)cn2)CC1. The second kappa shape index (κ2) is 16.4. The molecule has 2 aliphatic heterocycles. The van der Waals surface area contributed by atoms with Crippen LogP contribution in [0.4, 0.5) is 38.8 Å². The summed E-state index contributed by atoms with van der Waals surface area (Å²) in [6.45, 7) is 3.78. The van der Waals surface area contributed by atoms with Crippen molar-refractivity contribution in [2.75, 3.05) is 67.9 Å². The first kappa shape index (κ1) is 35.3. The fourth-order valence-electron chi connectivity index (χ4n) is 5.03. The number of halogens is 4. The molecule has 0 unspecified atom stereocenters. The lowest BCUT2D eigenvalue weighted by molar-refractivity contribution is -0.137. The Morgan fingerprint density at radius 1 is 0.816 bits per heavy atom. The monoisotopic (exact) mass is 702 g/mol. The molecule has 2 saturated heterocycles. The number of hydrogen-bond acceptors (Lipinski definition) is 9. The maximum atomic E-state index is 12.7. The number of nitrogens with zero attached hydrogens (tertiary/aromatic N) is 7. The highest BCUT2D eigenvalue weighted by Gasteiger charge is 2.31. The number of carbonyl (C=O) groups is 2. The van der Waals surface area contributed by atoms with Crippen molar-refractivity contribution in [3.63, 3.8) is 0 Å². The average Bonchev–Trinajstić information content (AvgIpc) is 3.63. The number of alkyl halides is 3. The molecule has 2 N–H and O–H groups in total. The van der Waals surface area contributed by atoms with Crippen LogP contribution in [-0.2, 0) is 12.6 Å². The number of aromatic nitrogens is 4. The fourth-order valence-corrected chi connectivity index (χ4v) is 5.84. The highest BCUT2D eigenvalue weighted by molar-refractivity contribution is 7.99. The van der Waals surface area contributed by atoms with E-state index in [1.807, 2.05) is 21.9 Å². The van der Waals surface area contributed by atoms with Gasteiger partial charge in [-0.3, -0.25) is 0 Å². The quantitative estimate of drug-likeness (QED) is 0.188. The third-order valence-electron chi connectivity index (χ3n) is 7.75. The maximum Gasteiger partial charge on any atom is 0.417 e. The topological polar surface area (TPSA) is 131 Å². The minimum atomic E-state index is -4.41. The summed E-state index contributed by atoms with van der Waals surface area (Å²) in [5, 5.41) is 9.66. The Labute approximate surface area is 283 Å². The molecule has 5 heterocycles. The molecule has 260 valence electrons. The number of pyridine rings is 2. The lowest BCUT2D eigenvalue weighted by atomic mass is 10.2. The number of ether oxygens (including phenoxy) is 1. The molecule has 0 radical (unpaired) electrons. The van der Waals surface area contributed by atoms with Gasteiger partial charge in [0.1, 0.15) is 23.2 Å². The van der Waals surface area contributed by atoms with Crippen LogP contribution in [0.3, 0.4) is 0 Å². The first-order valence-corrected chi connectivity index (χ1v) is 16.3. The van der Waals surface area contributed by atoms with E-state index in [1.165, 1.54) is 23.2 Å². The number of carboxylic acid groups (broad SMARTS) is 1. The number of amides is 2. The number of anilines is 2. The van der Waals surface area contributed by atoms with Gasteiger partial charge < -0.3 is 34.4 Å². The van der Waals surface area contributed by atoms with Crippen LogP contribution in [0.25, 0.3) is 0 Å². The van der Waals surface area contributed by atoms with Crippen molar-refractivity contribution < 1.29 is 37.0 Å². The molecular weight excluding hydrogens is 668 g/mol. The molecule has 0 atom stereocenters. The Kier molecular flexibility index (Phi) is 11.8. The minimum absolute atomic E-state index is 0.368. The van der Waals surface area contributed by atoms with Crippen molar-refractivity contribution >= 4 is 35.6 Å². The summed E-state index contributed by atoms with van der Waals surface area (Å²) in [6, 6.07) is 12.7. The van der Waals surface area contributed by atoms with Gasteiger partial charge in [0.05, 0.1) is 11.8 Å². The van der Waals surface area contributed by atoms with Crippen LogP contribution in [0.1, 0.15) is 11.1 Å². The van der Waals surface area contributed by atoms with Gasteiger partial charge in [0, 0.05) is 76.7 Å². The fraction of sp³-hybridized carbons (Fsp3) is 0.344. The number of hydrogen-bond donors (Lipinski definition) is 2. The number of carbonyl (C=O) groups excluding carboxylic acids is 1. The van der Waals surface area contributed by atoms with Gasteiger partial charge in [-0.15, -0.1) is 0 Å². The van der Waals surface area contributed by atoms with E-state index in [1.54, 1.807) is 47.3 Å². The molecular formula is C32H34F4N8O4S. The molecule has 3 aromatic heterocycles. The molecule has 12 nitrogen and oxygen atoms in total. The predicted octanol–water partition coefficient (Wildman–Crippen LogP) is 5.50. The summed E-state index contributed by atoms with van der Waals surface area (Å²) in [4.78, 5) is 45.0. The second-order valence-corrected chi connectivity index (χ2v) is 12.1. The van der Waals surface area contributed by atoms with Gasteiger partial charge in [0.2, 0.25) is 0 Å². The number of aryl methyl sites for hydroxylation is 1. The first-order valence-electron chi connectivity index (χ1n) is 15.4. The standard InChI is InChI=1S/C22H22F3N5O2S.C10H12FN3O2/c23-22(24,25)17-3-6-19(28-15-17)29-10-12-30(13-11-29)21(31)32-18-4-1-16(2-5-18)7-14-33-20-26-8-9-27-20;11-8-1-2-9(12-7-8)13-3-5-14(6-4-13)10(15)16/h1-6,8-9,15H,7,10-14H2,(H,26,27);1-2,7H,3-6H2,(H,15,16). The zero-order chi connectivity index (χ0) is 34.8. The molecule has 6 rings (SSSR count). The summed E-state index contributed by atoms with van der Waals surface area (Å²) >= 11 is 1.64. The summed E-state index contributed by atoms with van der Waals surface area (Å²) in [6.07, 6.45) is 0.607. The normalized spacial score (nSPS) is 15.0. The predicted molar refractivity (Wildman–Crippen MR) is 175 cm³/mol. The Morgan fingerprint density at radius 3 is 1.94 bits per heavy atom. The van der Waals surface area contributed by atoms with Crippen LogP contribution in [0, 0.1) is 5.82 Å². The van der Waals surface area contributed by atoms with Crippen LogP contribution in [0.2, 0.25) is 0 Å². The van der Waals surface area contributed by atoms with E-state index in [-0.39, 0.29) is 5.82 Å². The van der Waals surface area contributed by atoms with Gasteiger partial charge in [0.15, 0.2) is 5.16 Å². The lowest BCUT2D eigenvalue weighted by Gasteiger charge is -2.34. The summed E-state index contributed by atoms with van der Waals surface area (Å²) in [5.41, 5.74) is 0.349. The van der Waals surface area contributed by atoms with Crippen LogP contribution >= 0.6 is 11.8 Å². The van der Waals surface area contributed by atoms with Crippen molar-refractivity contribution in [2.24, 2.45) is 0 Å². The first-order chi connectivity index (χ1) is 23.5. The van der Waals surface area contributed by atoms with E-state index in [4.69, 9.17) is 9.84 Å². The Hall–Kier alpha value is -5.06. The second-order valence-electron chi connectivity index (χ2n) is 11.0. The van der Waals surface area contributed by atoms with Gasteiger partial charge >= 0.3 is 18.4 Å². The zero-order valence-electron chi connectivity index (χ0n) is 26.2. The Bertz CT molecular complexity index is 1630. The molecule has 49 heavy (non-hydrogen) atoms.